The summed E-state index contributed by atoms with van der Waals surface area (Å²) in [6, 6.07) is 12.0. The molecule has 140 valence electrons. The summed E-state index contributed by atoms with van der Waals surface area (Å²) in [5, 5.41) is 11.3. The highest BCUT2D eigenvalue weighted by atomic mass is 16.5. The predicted octanol–water partition coefficient (Wildman–Crippen LogP) is 2.90. The molecule has 1 saturated heterocycles. The van der Waals surface area contributed by atoms with Crippen LogP contribution in [0.15, 0.2) is 42.6 Å². The first kappa shape index (κ1) is 17.7. The molecule has 0 spiro atoms. The van der Waals surface area contributed by atoms with Gasteiger partial charge in [-0.15, -0.1) is 0 Å². The number of fused-ring (bicyclic) bond motifs is 1. The fourth-order valence-corrected chi connectivity index (χ4v) is 3.69. The van der Waals surface area contributed by atoms with Gasteiger partial charge in [0.2, 0.25) is 0 Å². The van der Waals surface area contributed by atoms with Crippen LogP contribution >= 0.6 is 0 Å². The van der Waals surface area contributed by atoms with Crippen molar-refractivity contribution in [2.75, 3.05) is 13.2 Å². The Morgan fingerprint density at radius 1 is 1.30 bits per heavy atom. The zero-order chi connectivity index (χ0) is 18.6. The fraction of sp³-hybridized carbons (Fsp3) is 0.381. The zero-order valence-electron chi connectivity index (χ0n) is 15.4. The molecule has 0 saturated carbocycles. The molecule has 0 unspecified atom stereocenters. The molecule has 1 amide bonds. The van der Waals surface area contributed by atoms with Crippen molar-refractivity contribution in [2.24, 2.45) is 5.92 Å². The SMILES string of the molecule is CCCc1cc(C(=O)N[C@H]2COC[C@H]2Cc2ccnc3ccccc23)n[nH]1. The minimum absolute atomic E-state index is 0.0178. The maximum Gasteiger partial charge on any atom is 0.272 e. The summed E-state index contributed by atoms with van der Waals surface area (Å²) in [6.07, 6.45) is 4.60. The highest BCUT2D eigenvalue weighted by molar-refractivity contribution is 5.92. The number of hydrogen-bond donors (Lipinski definition) is 2. The van der Waals surface area contributed by atoms with Gasteiger partial charge >= 0.3 is 0 Å². The topological polar surface area (TPSA) is 79.9 Å². The van der Waals surface area contributed by atoms with Gasteiger partial charge in [0.15, 0.2) is 0 Å². The Kier molecular flexibility index (Phi) is 5.16. The van der Waals surface area contributed by atoms with Gasteiger partial charge in [-0.05, 0) is 36.6 Å². The van der Waals surface area contributed by atoms with Crippen molar-refractivity contribution in [1.29, 1.82) is 0 Å². The lowest BCUT2D eigenvalue weighted by Gasteiger charge is -2.19. The van der Waals surface area contributed by atoms with Crippen LogP contribution in [0.4, 0.5) is 0 Å². The van der Waals surface area contributed by atoms with E-state index < -0.39 is 0 Å². The Morgan fingerprint density at radius 3 is 3.07 bits per heavy atom. The molecule has 3 aromatic rings. The summed E-state index contributed by atoms with van der Waals surface area (Å²) < 4.78 is 5.68. The monoisotopic (exact) mass is 364 g/mol. The number of hydrogen-bond acceptors (Lipinski definition) is 4. The quantitative estimate of drug-likeness (QED) is 0.705. The smallest absolute Gasteiger partial charge is 0.272 e. The third-order valence-electron chi connectivity index (χ3n) is 5.12. The van der Waals surface area contributed by atoms with E-state index in [2.05, 4.69) is 39.6 Å². The second-order valence-electron chi connectivity index (χ2n) is 7.10. The van der Waals surface area contributed by atoms with Gasteiger partial charge in [-0.1, -0.05) is 31.5 Å². The number of aryl methyl sites for hydroxylation is 1. The van der Waals surface area contributed by atoms with E-state index in [1.165, 1.54) is 5.56 Å². The fourth-order valence-electron chi connectivity index (χ4n) is 3.69. The Hall–Kier alpha value is -2.73. The van der Waals surface area contributed by atoms with Crippen LogP contribution < -0.4 is 5.32 Å². The van der Waals surface area contributed by atoms with E-state index in [1.807, 2.05) is 30.5 Å². The van der Waals surface area contributed by atoms with Crippen LogP contribution in [-0.2, 0) is 17.6 Å². The van der Waals surface area contributed by atoms with E-state index in [0.29, 0.717) is 18.9 Å². The second-order valence-corrected chi connectivity index (χ2v) is 7.10. The molecular weight excluding hydrogens is 340 g/mol. The van der Waals surface area contributed by atoms with Gasteiger partial charge in [0.1, 0.15) is 5.69 Å². The third kappa shape index (κ3) is 3.85. The molecular formula is C21H24N4O2. The number of ether oxygens (including phenoxy) is 1. The molecule has 1 aliphatic heterocycles. The van der Waals surface area contributed by atoms with E-state index in [1.54, 1.807) is 0 Å². The summed E-state index contributed by atoms with van der Waals surface area (Å²) >= 11 is 0. The molecule has 0 radical (unpaired) electrons. The molecule has 3 heterocycles. The molecule has 2 aromatic heterocycles. The van der Waals surface area contributed by atoms with Crippen LogP contribution in [0.25, 0.3) is 10.9 Å². The first-order valence-corrected chi connectivity index (χ1v) is 9.50. The Balaban J connectivity index is 1.46. The average molecular weight is 364 g/mol. The molecule has 2 N–H and O–H groups in total. The van der Waals surface area contributed by atoms with Gasteiger partial charge in [-0.3, -0.25) is 14.9 Å². The highest BCUT2D eigenvalue weighted by Crippen LogP contribution is 2.24. The van der Waals surface area contributed by atoms with Crippen LogP contribution in [-0.4, -0.2) is 40.3 Å². The number of H-pyrrole nitrogens is 1. The molecule has 1 aliphatic rings. The number of benzene rings is 1. The Labute approximate surface area is 158 Å². The molecule has 6 heteroatoms. The number of amides is 1. The number of carbonyl (C=O) groups is 1. The normalized spacial score (nSPS) is 19.4. The minimum Gasteiger partial charge on any atom is -0.379 e. The lowest BCUT2D eigenvalue weighted by atomic mass is 9.93. The van der Waals surface area contributed by atoms with Crippen LogP contribution in [0.1, 0.15) is 35.1 Å². The van der Waals surface area contributed by atoms with Crippen molar-refractivity contribution in [2.45, 2.75) is 32.2 Å². The Bertz CT molecular complexity index is 931. The number of rotatable bonds is 6. The summed E-state index contributed by atoms with van der Waals surface area (Å²) in [7, 11) is 0. The van der Waals surface area contributed by atoms with E-state index >= 15 is 0 Å². The molecule has 1 fully saturated rings. The number of aromatic amines is 1. The van der Waals surface area contributed by atoms with Crippen LogP contribution in [0.3, 0.4) is 0 Å². The van der Waals surface area contributed by atoms with Gasteiger partial charge < -0.3 is 10.1 Å². The standard InChI is InChI=1S/C21H24N4O2/c1-2-5-16-11-19(25-24-16)21(26)23-20-13-27-12-15(20)10-14-8-9-22-18-7-4-3-6-17(14)18/h3-4,6-9,11,15,20H,2,5,10,12-13H2,1H3,(H,23,26)(H,24,25)/t15-,20+/m1/s1. The van der Waals surface area contributed by atoms with Gasteiger partial charge in [0.25, 0.3) is 5.91 Å². The van der Waals surface area contributed by atoms with Gasteiger partial charge in [-0.2, -0.15) is 5.10 Å². The zero-order valence-corrected chi connectivity index (χ0v) is 15.4. The number of pyridine rings is 1. The second kappa shape index (κ2) is 7.88. The summed E-state index contributed by atoms with van der Waals surface area (Å²) in [6.45, 7) is 3.28. The van der Waals surface area contributed by atoms with E-state index in [-0.39, 0.29) is 17.9 Å². The first-order valence-electron chi connectivity index (χ1n) is 9.50. The average Bonchev–Trinajstić information content (AvgIpc) is 3.32. The van der Waals surface area contributed by atoms with Gasteiger partial charge in [-0.25, -0.2) is 0 Å². The van der Waals surface area contributed by atoms with Crippen molar-refractivity contribution in [3.63, 3.8) is 0 Å². The van der Waals surface area contributed by atoms with Crippen molar-refractivity contribution < 1.29 is 9.53 Å². The number of nitrogens with one attached hydrogen (secondary N) is 2. The van der Waals surface area contributed by atoms with E-state index in [9.17, 15) is 4.79 Å². The van der Waals surface area contributed by atoms with Crippen LogP contribution in [0.5, 0.6) is 0 Å². The summed E-state index contributed by atoms with van der Waals surface area (Å²) in [5.74, 6) is 0.0856. The van der Waals surface area contributed by atoms with E-state index in [0.717, 1.165) is 35.9 Å². The third-order valence-corrected chi connectivity index (χ3v) is 5.12. The number of carbonyl (C=O) groups excluding carboxylic acids is 1. The summed E-state index contributed by atoms with van der Waals surface area (Å²) in [4.78, 5) is 17.0. The predicted molar refractivity (Wildman–Crippen MR) is 104 cm³/mol. The largest absolute Gasteiger partial charge is 0.379 e. The van der Waals surface area contributed by atoms with Crippen molar-refractivity contribution in [1.82, 2.24) is 20.5 Å². The molecule has 2 atom stereocenters. The number of aromatic nitrogens is 3. The molecule has 0 aliphatic carbocycles. The first-order chi connectivity index (χ1) is 13.2. The van der Waals surface area contributed by atoms with Gasteiger partial charge in [0, 0.05) is 23.2 Å². The lowest BCUT2D eigenvalue weighted by molar-refractivity contribution is 0.0920. The van der Waals surface area contributed by atoms with Crippen molar-refractivity contribution in [3.05, 3.63) is 59.5 Å². The van der Waals surface area contributed by atoms with Gasteiger partial charge in [0.05, 0.1) is 24.8 Å². The summed E-state index contributed by atoms with van der Waals surface area (Å²) in [5.41, 5.74) is 3.67. The lowest BCUT2D eigenvalue weighted by Crippen LogP contribution is -2.40. The van der Waals surface area contributed by atoms with E-state index in [4.69, 9.17) is 4.74 Å². The Morgan fingerprint density at radius 2 is 2.19 bits per heavy atom. The number of para-hydroxylation sites is 1. The molecule has 4 rings (SSSR count). The molecule has 6 nitrogen and oxygen atoms in total. The molecule has 0 bridgehead atoms. The van der Waals surface area contributed by atoms with Crippen molar-refractivity contribution >= 4 is 16.8 Å². The molecule has 27 heavy (non-hydrogen) atoms. The molecule has 1 aromatic carbocycles. The van der Waals surface area contributed by atoms with Crippen LogP contribution in [0.2, 0.25) is 0 Å². The number of nitrogens with zero attached hydrogens (tertiary/aromatic N) is 2. The van der Waals surface area contributed by atoms with Crippen LogP contribution in [0, 0.1) is 5.92 Å². The minimum atomic E-state index is -0.145. The highest BCUT2D eigenvalue weighted by Gasteiger charge is 2.30. The van der Waals surface area contributed by atoms with Crippen molar-refractivity contribution in [3.8, 4) is 0 Å². The maximum absolute atomic E-state index is 12.6. The maximum atomic E-state index is 12.6.